The highest BCUT2D eigenvalue weighted by Gasteiger charge is 2.27. The van der Waals surface area contributed by atoms with Crippen LogP contribution in [-0.2, 0) is 4.79 Å². The monoisotopic (exact) mass is 284 g/mol. The van der Waals surface area contributed by atoms with Crippen molar-refractivity contribution < 1.29 is 4.79 Å². The van der Waals surface area contributed by atoms with Crippen molar-refractivity contribution in [1.82, 2.24) is 15.8 Å². The Morgan fingerprint density at radius 1 is 1.30 bits per heavy atom. The molecule has 5 heteroatoms. The summed E-state index contributed by atoms with van der Waals surface area (Å²) in [5.41, 5.74) is 9.10. The molecule has 3 unspecified atom stereocenters. The highest BCUT2D eigenvalue weighted by atomic mass is 16.1. The molecule has 0 aromatic rings. The van der Waals surface area contributed by atoms with Gasteiger partial charge in [-0.05, 0) is 47.5 Å². The highest BCUT2D eigenvalue weighted by Crippen LogP contribution is 2.20. The number of piperidine rings is 1. The van der Waals surface area contributed by atoms with Gasteiger partial charge in [0.25, 0.3) is 0 Å². The number of amides is 1. The number of rotatable bonds is 5. The summed E-state index contributed by atoms with van der Waals surface area (Å²) in [6.07, 6.45) is 4.09. The number of carbonyl (C=O) groups excluding carboxylic acids is 1. The molecule has 0 spiro atoms. The SMILES string of the molecule is CC1CCCC(C)N1NC(CN)CC(=O)NC(C)(C)C. The van der Waals surface area contributed by atoms with Gasteiger partial charge >= 0.3 is 0 Å². The van der Waals surface area contributed by atoms with Crippen LogP contribution in [0, 0.1) is 0 Å². The van der Waals surface area contributed by atoms with Crippen molar-refractivity contribution in [2.45, 2.75) is 84.0 Å². The average Bonchev–Trinajstić information content (AvgIpc) is 2.30. The van der Waals surface area contributed by atoms with E-state index < -0.39 is 0 Å². The first kappa shape index (κ1) is 17.4. The molecule has 0 aliphatic carbocycles. The molecular weight excluding hydrogens is 252 g/mol. The van der Waals surface area contributed by atoms with Gasteiger partial charge in [-0.2, -0.15) is 0 Å². The van der Waals surface area contributed by atoms with Crippen LogP contribution in [0.5, 0.6) is 0 Å². The quantitative estimate of drug-likeness (QED) is 0.713. The van der Waals surface area contributed by atoms with E-state index in [1.807, 2.05) is 20.8 Å². The molecule has 1 fully saturated rings. The Labute approximate surface area is 123 Å². The minimum atomic E-state index is -0.193. The molecule has 5 nitrogen and oxygen atoms in total. The lowest BCUT2D eigenvalue weighted by Crippen LogP contribution is -2.58. The summed E-state index contributed by atoms with van der Waals surface area (Å²) in [7, 11) is 0. The summed E-state index contributed by atoms with van der Waals surface area (Å²) in [6.45, 7) is 10.9. The van der Waals surface area contributed by atoms with Gasteiger partial charge in [0, 0.05) is 36.6 Å². The van der Waals surface area contributed by atoms with Gasteiger partial charge < -0.3 is 11.1 Å². The Bertz CT molecular complexity index is 303. The molecule has 0 aromatic carbocycles. The van der Waals surface area contributed by atoms with Gasteiger partial charge in [-0.1, -0.05) is 6.42 Å². The van der Waals surface area contributed by atoms with Crippen molar-refractivity contribution in [1.29, 1.82) is 0 Å². The maximum Gasteiger partial charge on any atom is 0.222 e. The Kier molecular flexibility index (Phi) is 6.43. The summed E-state index contributed by atoms with van der Waals surface area (Å²) in [4.78, 5) is 12.0. The average molecular weight is 284 g/mol. The van der Waals surface area contributed by atoms with Crippen molar-refractivity contribution in [3.8, 4) is 0 Å². The molecule has 0 aromatic heterocycles. The van der Waals surface area contributed by atoms with Gasteiger partial charge in [0.05, 0.1) is 0 Å². The van der Waals surface area contributed by atoms with Crippen LogP contribution in [0.15, 0.2) is 0 Å². The fourth-order valence-corrected chi connectivity index (χ4v) is 2.76. The number of hydrogen-bond acceptors (Lipinski definition) is 4. The zero-order valence-corrected chi connectivity index (χ0v) is 13.7. The molecule has 4 N–H and O–H groups in total. The Morgan fingerprint density at radius 2 is 1.85 bits per heavy atom. The highest BCUT2D eigenvalue weighted by molar-refractivity contribution is 5.77. The summed E-state index contributed by atoms with van der Waals surface area (Å²) < 4.78 is 0. The number of hydrazine groups is 1. The lowest BCUT2D eigenvalue weighted by atomic mass is 9.99. The smallest absolute Gasteiger partial charge is 0.222 e. The molecule has 3 atom stereocenters. The normalized spacial score (nSPS) is 26.3. The van der Waals surface area contributed by atoms with E-state index in [1.54, 1.807) is 0 Å². The summed E-state index contributed by atoms with van der Waals surface area (Å²) in [5.74, 6) is 0.0535. The molecule has 20 heavy (non-hydrogen) atoms. The van der Waals surface area contributed by atoms with Crippen LogP contribution in [0.3, 0.4) is 0 Å². The van der Waals surface area contributed by atoms with Crippen LogP contribution < -0.4 is 16.5 Å². The van der Waals surface area contributed by atoms with E-state index in [2.05, 4.69) is 29.6 Å². The minimum absolute atomic E-state index is 0.000324. The van der Waals surface area contributed by atoms with Crippen LogP contribution in [-0.4, -0.2) is 41.1 Å². The van der Waals surface area contributed by atoms with E-state index in [-0.39, 0.29) is 17.5 Å². The van der Waals surface area contributed by atoms with Crippen molar-refractivity contribution >= 4 is 5.91 Å². The van der Waals surface area contributed by atoms with Gasteiger partial charge in [0.1, 0.15) is 0 Å². The molecular formula is C15H32N4O. The Balaban J connectivity index is 2.51. The molecule has 1 aliphatic rings. The zero-order valence-electron chi connectivity index (χ0n) is 13.7. The summed E-state index contributed by atoms with van der Waals surface area (Å²) in [6, 6.07) is 0.998. The number of nitrogens with one attached hydrogen (secondary N) is 2. The first-order valence-corrected chi connectivity index (χ1v) is 7.78. The van der Waals surface area contributed by atoms with Crippen LogP contribution in [0.25, 0.3) is 0 Å². The zero-order chi connectivity index (χ0) is 15.3. The van der Waals surface area contributed by atoms with E-state index >= 15 is 0 Å². The van der Waals surface area contributed by atoms with E-state index in [0.717, 1.165) is 0 Å². The molecule has 1 amide bonds. The maximum atomic E-state index is 12.0. The Hall–Kier alpha value is -0.650. The minimum Gasteiger partial charge on any atom is -0.351 e. The fraction of sp³-hybridized carbons (Fsp3) is 0.933. The predicted octanol–water partition coefficient (Wildman–Crippen LogP) is 1.39. The molecule has 1 heterocycles. The fourth-order valence-electron chi connectivity index (χ4n) is 2.76. The van der Waals surface area contributed by atoms with Crippen LogP contribution >= 0.6 is 0 Å². The van der Waals surface area contributed by atoms with Gasteiger partial charge in [0.15, 0.2) is 0 Å². The van der Waals surface area contributed by atoms with Gasteiger partial charge in [-0.15, -0.1) is 0 Å². The first-order valence-electron chi connectivity index (χ1n) is 7.78. The third-order valence-corrected chi connectivity index (χ3v) is 3.76. The second kappa shape index (κ2) is 7.38. The number of carbonyl (C=O) groups is 1. The molecule has 0 saturated carbocycles. The number of nitrogens with zero attached hydrogens (tertiary/aromatic N) is 1. The van der Waals surface area contributed by atoms with E-state index in [4.69, 9.17) is 5.73 Å². The molecule has 1 saturated heterocycles. The van der Waals surface area contributed by atoms with Crippen LogP contribution in [0.4, 0.5) is 0 Å². The molecule has 1 rings (SSSR count). The van der Waals surface area contributed by atoms with Crippen LogP contribution in [0.1, 0.15) is 60.3 Å². The second-order valence-corrected chi connectivity index (χ2v) is 7.10. The van der Waals surface area contributed by atoms with Gasteiger partial charge in [0.2, 0.25) is 5.91 Å². The third-order valence-electron chi connectivity index (χ3n) is 3.76. The second-order valence-electron chi connectivity index (χ2n) is 7.10. The number of hydrogen-bond donors (Lipinski definition) is 3. The predicted molar refractivity (Wildman–Crippen MR) is 83.1 cm³/mol. The topological polar surface area (TPSA) is 70.4 Å². The van der Waals surface area contributed by atoms with Gasteiger partial charge in [-0.25, -0.2) is 10.4 Å². The molecule has 1 aliphatic heterocycles. The summed E-state index contributed by atoms with van der Waals surface area (Å²) in [5, 5.41) is 5.27. The maximum absolute atomic E-state index is 12.0. The van der Waals surface area contributed by atoms with Crippen molar-refractivity contribution in [3.63, 3.8) is 0 Å². The van der Waals surface area contributed by atoms with Crippen molar-refractivity contribution in [2.24, 2.45) is 5.73 Å². The molecule has 0 bridgehead atoms. The van der Waals surface area contributed by atoms with E-state index in [0.29, 0.717) is 25.0 Å². The first-order chi connectivity index (χ1) is 9.23. The largest absolute Gasteiger partial charge is 0.351 e. The van der Waals surface area contributed by atoms with E-state index in [1.165, 1.54) is 19.3 Å². The van der Waals surface area contributed by atoms with Crippen molar-refractivity contribution in [3.05, 3.63) is 0 Å². The van der Waals surface area contributed by atoms with Crippen molar-refractivity contribution in [2.75, 3.05) is 6.54 Å². The number of nitrogens with two attached hydrogens (primary N) is 1. The lowest BCUT2D eigenvalue weighted by molar-refractivity contribution is -0.123. The summed E-state index contributed by atoms with van der Waals surface area (Å²) >= 11 is 0. The lowest BCUT2D eigenvalue weighted by Gasteiger charge is -2.41. The molecule has 118 valence electrons. The standard InChI is InChI=1S/C15H32N4O/c1-11-7-6-8-12(2)19(11)18-13(10-16)9-14(20)17-15(3,4)5/h11-13,18H,6-10,16H2,1-5H3,(H,17,20). The Morgan fingerprint density at radius 3 is 2.30 bits per heavy atom. The third kappa shape index (κ3) is 5.77. The molecule has 0 radical (unpaired) electrons. The van der Waals surface area contributed by atoms with E-state index in [9.17, 15) is 4.79 Å². The van der Waals surface area contributed by atoms with Crippen LogP contribution in [0.2, 0.25) is 0 Å². The van der Waals surface area contributed by atoms with Gasteiger partial charge in [-0.3, -0.25) is 4.79 Å².